The van der Waals surface area contributed by atoms with Crippen molar-refractivity contribution in [3.63, 3.8) is 0 Å². The molecular formula is C33H32N2O3. The summed E-state index contributed by atoms with van der Waals surface area (Å²) >= 11 is 0. The molecule has 0 spiro atoms. The molecule has 38 heavy (non-hydrogen) atoms. The summed E-state index contributed by atoms with van der Waals surface area (Å²) in [6.45, 7) is 6.43. The highest BCUT2D eigenvalue weighted by Gasteiger charge is 2.33. The van der Waals surface area contributed by atoms with Crippen molar-refractivity contribution in [2.24, 2.45) is 0 Å². The Morgan fingerprint density at radius 1 is 0.868 bits per heavy atom. The van der Waals surface area contributed by atoms with Gasteiger partial charge in [0.05, 0.1) is 6.04 Å². The van der Waals surface area contributed by atoms with Crippen LogP contribution in [0.15, 0.2) is 97.1 Å². The Morgan fingerprint density at radius 3 is 2.37 bits per heavy atom. The van der Waals surface area contributed by atoms with Crippen molar-refractivity contribution in [3.05, 3.63) is 130 Å². The summed E-state index contributed by atoms with van der Waals surface area (Å²) in [6, 6.07) is 31.1. The number of carbonyl (C=O) groups is 2. The predicted octanol–water partition coefficient (Wildman–Crippen LogP) is 6.50. The van der Waals surface area contributed by atoms with E-state index in [0.717, 1.165) is 34.4 Å². The van der Waals surface area contributed by atoms with E-state index in [0.29, 0.717) is 17.9 Å². The molecule has 192 valence electrons. The normalized spacial score (nSPS) is 15.3. The van der Waals surface area contributed by atoms with Crippen LogP contribution in [0.2, 0.25) is 0 Å². The molecule has 0 saturated heterocycles. The lowest BCUT2D eigenvalue weighted by Gasteiger charge is -2.38. The number of nitrogens with one attached hydrogen (secondary N) is 1. The average molecular weight is 505 g/mol. The molecule has 1 N–H and O–H groups in total. The number of carbonyl (C=O) groups excluding carboxylic acids is 2. The third kappa shape index (κ3) is 5.47. The van der Waals surface area contributed by atoms with Crippen molar-refractivity contribution in [2.75, 3.05) is 11.9 Å². The van der Waals surface area contributed by atoms with Crippen LogP contribution in [0.3, 0.4) is 0 Å². The Labute approximate surface area is 224 Å². The number of aryl methyl sites for hydroxylation is 2. The maximum absolute atomic E-state index is 13.7. The maximum atomic E-state index is 13.7. The fraction of sp³-hybridized carbons (Fsp3) is 0.212. The van der Waals surface area contributed by atoms with Crippen LogP contribution >= 0.6 is 0 Å². The Hall–Kier alpha value is -4.38. The van der Waals surface area contributed by atoms with Gasteiger partial charge in [0, 0.05) is 17.8 Å². The molecule has 1 aliphatic heterocycles. The predicted molar refractivity (Wildman–Crippen MR) is 151 cm³/mol. The Kier molecular flexibility index (Phi) is 7.27. The number of amides is 2. The van der Waals surface area contributed by atoms with Gasteiger partial charge >= 0.3 is 0 Å². The van der Waals surface area contributed by atoms with Gasteiger partial charge in [-0.25, -0.2) is 0 Å². The summed E-state index contributed by atoms with van der Waals surface area (Å²) in [7, 11) is 0. The second-order valence-corrected chi connectivity index (χ2v) is 9.91. The summed E-state index contributed by atoms with van der Waals surface area (Å²) in [4.78, 5) is 28.4. The van der Waals surface area contributed by atoms with Gasteiger partial charge in [-0.2, -0.15) is 0 Å². The van der Waals surface area contributed by atoms with Crippen LogP contribution in [0.4, 0.5) is 5.69 Å². The minimum absolute atomic E-state index is 0.0000729. The van der Waals surface area contributed by atoms with Gasteiger partial charge in [-0.3, -0.25) is 9.59 Å². The maximum Gasteiger partial charge on any atom is 0.265 e. The Morgan fingerprint density at radius 2 is 1.63 bits per heavy atom. The standard InChI is InChI=1S/C33H32N2O3/c1-22-12-15-28(16-13-22)34-32(36)24(3)38-29-17-14-25-18-19-35(33(37)26-9-5-4-6-10-26)31(30(25)21-29)27-11-7-8-23(2)20-27/h4-17,20-21,24,31H,18-19H2,1-3H3,(H,34,36)/t24-,31+/m1/s1. The van der Waals surface area contributed by atoms with Crippen molar-refractivity contribution in [2.45, 2.75) is 39.3 Å². The largest absolute Gasteiger partial charge is 0.481 e. The fourth-order valence-electron chi connectivity index (χ4n) is 4.97. The lowest BCUT2D eigenvalue weighted by Crippen LogP contribution is -2.40. The zero-order valence-electron chi connectivity index (χ0n) is 22.0. The van der Waals surface area contributed by atoms with Gasteiger partial charge < -0.3 is 15.0 Å². The highest BCUT2D eigenvalue weighted by Crippen LogP contribution is 2.38. The van der Waals surface area contributed by atoms with Crippen LogP contribution in [0.1, 0.15) is 51.1 Å². The van der Waals surface area contributed by atoms with E-state index in [1.54, 1.807) is 6.92 Å². The van der Waals surface area contributed by atoms with E-state index >= 15 is 0 Å². The Balaban J connectivity index is 1.44. The molecule has 0 fully saturated rings. The second-order valence-electron chi connectivity index (χ2n) is 9.91. The molecule has 0 radical (unpaired) electrons. The van der Waals surface area contributed by atoms with Crippen LogP contribution < -0.4 is 10.1 Å². The van der Waals surface area contributed by atoms with Gasteiger partial charge in [-0.05, 0) is 80.3 Å². The van der Waals surface area contributed by atoms with Gasteiger partial charge in [0.25, 0.3) is 11.8 Å². The van der Waals surface area contributed by atoms with Crippen LogP contribution in [-0.2, 0) is 11.2 Å². The van der Waals surface area contributed by atoms with Gasteiger partial charge in [0.2, 0.25) is 0 Å². The molecule has 4 aromatic carbocycles. The molecule has 5 heteroatoms. The molecular weight excluding hydrogens is 472 g/mol. The Bertz CT molecular complexity index is 1450. The molecule has 0 saturated carbocycles. The van der Waals surface area contributed by atoms with Gasteiger partial charge in [-0.15, -0.1) is 0 Å². The van der Waals surface area contributed by atoms with Gasteiger partial charge in [0.15, 0.2) is 6.10 Å². The molecule has 0 aliphatic carbocycles. The van der Waals surface area contributed by atoms with Crippen LogP contribution in [-0.4, -0.2) is 29.4 Å². The van der Waals surface area contributed by atoms with Gasteiger partial charge in [0.1, 0.15) is 5.75 Å². The van der Waals surface area contributed by atoms with E-state index in [9.17, 15) is 9.59 Å². The topological polar surface area (TPSA) is 58.6 Å². The number of nitrogens with zero attached hydrogens (tertiary/aromatic N) is 1. The number of benzene rings is 4. The number of anilines is 1. The quantitative estimate of drug-likeness (QED) is 0.326. The molecule has 1 aliphatic rings. The first-order valence-electron chi connectivity index (χ1n) is 13.0. The number of ether oxygens (including phenoxy) is 1. The molecule has 0 unspecified atom stereocenters. The van der Waals surface area contributed by atoms with Crippen molar-refractivity contribution in [1.82, 2.24) is 4.90 Å². The number of hydrogen-bond donors (Lipinski definition) is 1. The van der Waals surface area contributed by atoms with Crippen molar-refractivity contribution in [1.29, 1.82) is 0 Å². The molecule has 0 aromatic heterocycles. The molecule has 2 amide bonds. The first-order chi connectivity index (χ1) is 18.4. The molecule has 0 bridgehead atoms. The molecule has 2 atom stereocenters. The number of rotatable bonds is 6. The van der Waals surface area contributed by atoms with Crippen molar-refractivity contribution in [3.8, 4) is 5.75 Å². The zero-order chi connectivity index (χ0) is 26.6. The average Bonchev–Trinajstić information content (AvgIpc) is 2.93. The summed E-state index contributed by atoms with van der Waals surface area (Å²) in [6.07, 6.45) is 0.0531. The van der Waals surface area contributed by atoms with E-state index in [1.165, 1.54) is 5.56 Å². The zero-order valence-corrected chi connectivity index (χ0v) is 22.0. The van der Waals surface area contributed by atoms with E-state index < -0.39 is 6.10 Å². The number of fused-ring (bicyclic) bond motifs is 1. The lowest BCUT2D eigenvalue weighted by atomic mass is 9.87. The minimum Gasteiger partial charge on any atom is -0.481 e. The highest BCUT2D eigenvalue weighted by atomic mass is 16.5. The van der Waals surface area contributed by atoms with Crippen molar-refractivity contribution >= 4 is 17.5 Å². The van der Waals surface area contributed by atoms with E-state index in [4.69, 9.17) is 4.74 Å². The minimum atomic E-state index is -0.697. The third-order valence-corrected chi connectivity index (χ3v) is 6.99. The van der Waals surface area contributed by atoms with Crippen LogP contribution in [0.5, 0.6) is 5.75 Å². The lowest BCUT2D eigenvalue weighted by molar-refractivity contribution is -0.122. The molecule has 5 nitrogen and oxygen atoms in total. The summed E-state index contributed by atoms with van der Waals surface area (Å²) < 4.78 is 6.11. The summed E-state index contributed by atoms with van der Waals surface area (Å²) in [5, 5.41) is 2.92. The van der Waals surface area contributed by atoms with E-state index in [2.05, 4.69) is 36.5 Å². The van der Waals surface area contributed by atoms with E-state index in [1.807, 2.05) is 84.6 Å². The van der Waals surface area contributed by atoms with Crippen molar-refractivity contribution < 1.29 is 14.3 Å². The molecule has 5 rings (SSSR count). The number of hydrogen-bond acceptors (Lipinski definition) is 3. The third-order valence-electron chi connectivity index (χ3n) is 6.99. The van der Waals surface area contributed by atoms with Gasteiger partial charge in [-0.1, -0.05) is 71.8 Å². The van der Waals surface area contributed by atoms with E-state index in [-0.39, 0.29) is 17.9 Å². The van der Waals surface area contributed by atoms with Crippen LogP contribution in [0, 0.1) is 13.8 Å². The first-order valence-corrected chi connectivity index (χ1v) is 13.0. The smallest absolute Gasteiger partial charge is 0.265 e. The SMILES string of the molecule is Cc1ccc(NC(=O)[C@@H](C)Oc2ccc3c(c2)[C@H](c2cccc(C)c2)N(C(=O)c2ccccc2)CC3)cc1. The summed E-state index contributed by atoms with van der Waals surface area (Å²) in [5.74, 6) is 0.379. The monoisotopic (exact) mass is 504 g/mol. The first kappa shape index (κ1) is 25.3. The highest BCUT2D eigenvalue weighted by molar-refractivity contribution is 5.95. The van der Waals surface area contributed by atoms with Crippen LogP contribution in [0.25, 0.3) is 0 Å². The fourth-order valence-corrected chi connectivity index (χ4v) is 4.97. The summed E-state index contributed by atoms with van der Waals surface area (Å²) in [5.41, 5.74) is 6.92. The molecule has 4 aromatic rings. The second kappa shape index (κ2) is 10.9. The molecule has 1 heterocycles.